The minimum atomic E-state index is 0.542. The topological polar surface area (TPSA) is 38.5 Å². The van der Waals surface area contributed by atoms with Crippen LogP contribution in [0.4, 0.5) is 5.69 Å². The Balaban J connectivity index is 1.91. The lowest BCUT2D eigenvalue weighted by molar-refractivity contribution is 0.324. The van der Waals surface area contributed by atoms with Gasteiger partial charge in [0.2, 0.25) is 0 Å². The highest BCUT2D eigenvalue weighted by molar-refractivity contribution is 7.80. The number of nitrogens with zero attached hydrogens (tertiary/aromatic N) is 1. The van der Waals surface area contributed by atoms with Crippen molar-refractivity contribution < 1.29 is 4.74 Å². The molecule has 110 valence electrons. The van der Waals surface area contributed by atoms with Crippen LogP contribution in [0.5, 0.6) is 5.75 Å². The van der Waals surface area contributed by atoms with E-state index in [-0.39, 0.29) is 0 Å². The molecule has 0 unspecified atom stereocenters. The van der Waals surface area contributed by atoms with E-state index in [9.17, 15) is 0 Å². The van der Waals surface area contributed by atoms with Crippen molar-refractivity contribution in [3.8, 4) is 5.75 Å². The molecular weight excluding hydrogens is 280 g/mol. The lowest BCUT2D eigenvalue weighted by Crippen LogP contribution is -2.31. The van der Waals surface area contributed by atoms with E-state index in [0.717, 1.165) is 24.5 Å². The van der Waals surface area contributed by atoms with Crippen LogP contribution in [0, 0.1) is 0 Å². The quantitative estimate of drug-likeness (QED) is 0.760. The summed E-state index contributed by atoms with van der Waals surface area (Å²) < 4.78 is 5.76. The highest BCUT2D eigenvalue weighted by Crippen LogP contribution is 2.14. The zero-order chi connectivity index (χ0) is 14.9. The van der Waals surface area contributed by atoms with Gasteiger partial charge in [-0.05, 0) is 24.3 Å². The van der Waals surface area contributed by atoms with Crippen molar-refractivity contribution in [1.82, 2.24) is 0 Å². The van der Waals surface area contributed by atoms with E-state index in [1.54, 1.807) is 0 Å². The van der Waals surface area contributed by atoms with Gasteiger partial charge in [-0.3, -0.25) is 0 Å². The zero-order valence-corrected chi connectivity index (χ0v) is 12.8. The van der Waals surface area contributed by atoms with Crippen LogP contribution in [-0.4, -0.2) is 24.7 Å². The Kier molecular flexibility index (Phi) is 6.03. The highest BCUT2D eigenvalue weighted by atomic mass is 32.1. The standard InChI is InChI=1S/C17H20N2OS/c18-17(21)11-12-19(15-7-3-1-4-8-15)13-14-20-16-9-5-2-6-10-16/h1-10H,11-14H2,(H2,18,21). The Morgan fingerprint density at radius 1 is 0.952 bits per heavy atom. The normalized spacial score (nSPS) is 10.1. The molecule has 2 N–H and O–H groups in total. The van der Waals surface area contributed by atoms with Gasteiger partial charge in [-0.25, -0.2) is 0 Å². The summed E-state index contributed by atoms with van der Waals surface area (Å²) in [7, 11) is 0. The lowest BCUT2D eigenvalue weighted by Gasteiger charge is -2.24. The van der Waals surface area contributed by atoms with Crippen LogP contribution in [-0.2, 0) is 0 Å². The third-order valence-corrected chi connectivity index (χ3v) is 3.33. The van der Waals surface area contributed by atoms with Crippen LogP contribution >= 0.6 is 12.2 Å². The lowest BCUT2D eigenvalue weighted by atomic mass is 10.2. The van der Waals surface area contributed by atoms with Gasteiger partial charge in [-0.1, -0.05) is 48.6 Å². The van der Waals surface area contributed by atoms with Gasteiger partial charge >= 0.3 is 0 Å². The summed E-state index contributed by atoms with van der Waals surface area (Å²) in [6.45, 7) is 2.22. The number of thiocarbonyl (C=S) groups is 1. The number of nitrogens with two attached hydrogens (primary N) is 1. The number of ether oxygens (including phenoxy) is 1. The first-order chi connectivity index (χ1) is 10.3. The Morgan fingerprint density at radius 2 is 1.57 bits per heavy atom. The van der Waals surface area contributed by atoms with Crippen molar-refractivity contribution >= 4 is 22.9 Å². The van der Waals surface area contributed by atoms with Gasteiger partial charge in [0.15, 0.2) is 0 Å². The maximum atomic E-state index is 5.76. The van der Waals surface area contributed by atoms with Crippen molar-refractivity contribution in [3.63, 3.8) is 0 Å². The van der Waals surface area contributed by atoms with Gasteiger partial charge in [0.25, 0.3) is 0 Å². The van der Waals surface area contributed by atoms with E-state index in [1.165, 1.54) is 0 Å². The predicted molar refractivity (Wildman–Crippen MR) is 92.0 cm³/mol. The Bertz CT molecular complexity index is 545. The molecule has 0 amide bonds. The summed E-state index contributed by atoms with van der Waals surface area (Å²) in [5.74, 6) is 0.889. The largest absolute Gasteiger partial charge is 0.492 e. The highest BCUT2D eigenvalue weighted by Gasteiger charge is 2.07. The zero-order valence-electron chi connectivity index (χ0n) is 11.9. The molecule has 0 radical (unpaired) electrons. The Hall–Kier alpha value is -2.07. The molecule has 0 aliphatic carbocycles. The molecule has 0 fully saturated rings. The van der Waals surface area contributed by atoms with Crippen LogP contribution in [0.15, 0.2) is 60.7 Å². The number of anilines is 1. The van der Waals surface area contributed by atoms with E-state index >= 15 is 0 Å². The summed E-state index contributed by atoms with van der Waals surface area (Å²) in [6, 6.07) is 20.1. The first-order valence-electron chi connectivity index (χ1n) is 7.02. The first kappa shape index (κ1) is 15.3. The van der Waals surface area contributed by atoms with Gasteiger partial charge in [-0.2, -0.15) is 0 Å². The van der Waals surface area contributed by atoms with Gasteiger partial charge in [0.05, 0.1) is 11.5 Å². The number of para-hydroxylation sites is 2. The van der Waals surface area contributed by atoms with Gasteiger partial charge in [0.1, 0.15) is 12.4 Å². The number of hydrogen-bond acceptors (Lipinski definition) is 3. The minimum absolute atomic E-state index is 0.542. The molecule has 2 rings (SSSR count). The summed E-state index contributed by atoms with van der Waals surface area (Å²) in [5, 5.41) is 0. The summed E-state index contributed by atoms with van der Waals surface area (Å²) in [6.07, 6.45) is 0.704. The maximum Gasteiger partial charge on any atom is 0.119 e. The number of benzene rings is 2. The number of hydrogen-bond donors (Lipinski definition) is 1. The fourth-order valence-electron chi connectivity index (χ4n) is 2.04. The molecule has 4 heteroatoms. The van der Waals surface area contributed by atoms with Crippen LogP contribution in [0.1, 0.15) is 6.42 Å². The van der Waals surface area contributed by atoms with Crippen LogP contribution < -0.4 is 15.4 Å². The fourth-order valence-corrected chi connectivity index (χ4v) is 2.14. The van der Waals surface area contributed by atoms with E-state index in [1.807, 2.05) is 48.5 Å². The van der Waals surface area contributed by atoms with Gasteiger partial charge in [-0.15, -0.1) is 0 Å². The van der Waals surface area contributed by atoms with Crippen molar-refractivity contribution in [3.05, 3.63) is 60.7 Å². The third-order valence-electron chi connectivity index (χ3n) is 3.12. The second-order valence-corrected chi connectivity index (χ2v) is 5.22. The molecular formula is C17H20N2OS. The molecule has 0 aliphatic rings. The van der Waals surface area contributed by atoms with Crippen molar-refractivity contribution in [2.75, 3.05) is 24.6 Å². The SMILES string of the molecule is NC(=S)CCN(CCOc1ccccc1)c1ccccc1. The molecule has 2 aromatic rings. The van der Waals surface area contributed by atoms with E-state index in [2.05, 4.69) is 17.0 Å². The smallest absolute Gasteiger partial charge is 0.119 e. The number of rotatable bonds is 8. The second-order valence-electron chi connectivity index (χ2n) is 4.70. The maximum absolute atomic E-state index is 5.76. The average molecular weight is 300 g/mol. The van der Waals surface area contributed by atoms with Crippen molar-refractivity contribution in [2.24, 2.45) is 5.73 Å². The summed E-state index contributed by atoms with van der Waals surface area (Å²) >= 11 is 4.97. The minimum Gasteiger partial charge on any atom is -0.492 e. The van der Waals surface area contributed by atoms with E-state index in [0.29, 0.717) is 18.0 Å². The monoisotopic (exact) mass is 300 g/mol. The van der Waals surface area contributed by atoms with Gasteiger partial charge in [0, 0.05) is 18.7 Å². The van der Waals surface area contributed by atoms with E-state index in [4.69, 9.17) is 22.7 Å². The predicted octanol–water partition coefficient (Wildman–Crippen LogP) is 3.25. The van der Waals surface area contributed by atoms with Crippen molar-refractivity contribution in [1.29, 1.82) is 0 Å². The average Bonchev–Trinajstić information content (AvgIpc) is 2.52. The van der Waals surface area contributed by atoms with E-state index < -0.39 is 0 Å². The Labute approximate surface area is 131 Å². The molecule has 3 nitrogen and oxygen atoms in total. The molecule has 0 saturated heterocycles. The molecule has 2 aromatic carbocycles. The summed E-state index contributed by atoms with van der Waals surface area (Å²) in [4.78, 5) is 2.78. The molecule has 21 heavy (non-hydrogen) atoms. The first-order valence-corrected chi connectivity index (χ1v) is 7.42. The molecule has 0 saturated carbocycles. The third kappa shape index (κ3) is 5.44. The van der Waals surface area contributed by atoms with Crippen LogP contribution in [0.2, 0.25) is 0 Å². The molecule has 0 heterocycles. The summed E-state index contributed by atoms with van der Waals surface area (Å²) in [5.41, 5.74) is 6.77. The fraction of sp³-hybridized carbons (Fsp3) is 0.235. The van der Waals surface area contributed by atoms with Crippen LogP contribution in [0.3, 0.4) is 0 Å². The molecule has 0 aliphatic heterocycles. The molecule has 0 bridgehead atoms. The van der Waals surface area contributed by atoms with Crippen molar-refractivity contribution in [2.45, 2.75) is 6.42 Å². The molecule has 0 atom stereocenters. The second kappa shape index (κ2) is 8.27. The van der Waals surface area contributed by atoms with Gasteiger partial charge < -0.3 is 15.4 Å². The Morgan fingerprint density at radius 3 is 2.19 bits per heavy atom. The molecule has 0 spiro atoms. The molecule has 0 aromatic heterocycles. The van der Waals surface area contributed by atoms with Crippen LogP contribution in [0.25, 0.3) is 0 Å².